The van der Waals surface area contributed by atoms with Gasteiger partial charge in [-0.15, -0.1) is 12.4 Å². The first-order chi connectivity index (χ1) is 11.9. The molecule has 3 aromatic rings. The average Bonchev–Trinajstić information content (AvgIpc) is 2.61. The number of hydrogen-bond acceptors (Lipinski definition) is 2. The van der Waals surface area contributed by atoms with E-state index in [0.29, 0.717) is 5.69 Å². The summed E-state index contributed by atoms with van der Waals surface area (Å²) in [5, 5.41) is 0. The first kappa shape index (κ1) is 23.3. The minimum Gasteiger partial charge on any atom is -1.00 e. The molecular weight excluding hydrogens is 406 g/mol. The van der Waals surface area contributed by atoms with Gasteiger partial charge in [0.25, 0.3) is 0 Å². The molecule has 1 atom stereocenters. The third-order valence-corrected chi connectivity index (χ3v) is 5.52. The van der Waals surface area contributed by atoms with Crippen molar-refractivity contribution < 1.29 is 31.3 Å². The lowest BCUT2D eigenvalue weighted by Crippen LogP contribution is -3.00. The molecule has 1 aromatic carbocycles. The Kier molecular flexibility index (Phi) is 8.15. The third-order valence-electron chi connectivity index (χ3n) is 4.24. The molecule has 2 aromatic heterocycles. The normalized spacial score (nSPS) is 11.9. The Balaban J connectivity index is 0.00000182. The van der Waals surface area contributed by atoms with Crippen LogP contribution < -0.4 is 17.0 Å². The van der Waals surface area contributed by atoms with Gasteiger partial charge in [-0.25, -0.2) is 0 Å². The number of nitrogens with zero attached hydrogens (tertiary/aromatic N) is 2. The lowest BCUT2D eigenvalue weighted by Gasteiger charge is -2.14. The van der Waals surface area contributed by atoms with Crippen LogP contribution in [0.1, 0.15) is 23.8 Å². The Hall–Kier alpha value is -1.75. The van der Waals surface area contributed by atoms with Crippen LogP contribution in [0.4, 0.5) is 0 Å². The van der Waals surface area contributed by atoms with Crippen molar-refractivity contribution in [1.29, 1.82) is 0 Å². The summed E-state index contributed by atoms with van der Waals surface area (Å²) in [5.41, 5.74) is 3.47. The van der Waals surface area contributed by atoms with Crippen LogP contribution in [0.15, 0.2) is 67.1 Å². The maximum atomic E-state index is 11.9. The fourth-order valence-electron chi connectivity index (χ4n) is 2.68. The fraction of sp³-hybridized carbons (Fsp3) is 0.158. The average molecular weight is 427 g/mol. The molecule has 0 aliphatic heterocycles. The molecule has 144 valence electrons. The van der Waals surface area contributed by atoms with Crippen molar-refractivity contribution in [3.05, 3.63) is 78.4 Å². The predicted molar refractivity (Wildman–Crippen MR) is 104 cm³/mol. The summed E-state index contributed by atoms with van der Waals surface area (Å²) >= 11 is 0. The van der Waals surface area contributed by atoms with Gasteiger partial charge in [0.2, 0.25) is 11.4 Å². The van der Waals surface area contributed by atoms with Gasteiger partial charge in [-0.2, -0.15) is 4.57 Å². The van der Waals surface area contributed by atoms with E-state index in [9.17, 15) is 14.4 Å². The summed E-state index contributed by atoms with van der Waals surface area (Å²) < 4.78 is 13.7. The zero-order valence-electron chi connectivity index (χ0n) is 14.9. The quantitative estimate of drug-likeness (QED) is 0.482. The van der Waals surface area contributed by atoms with E-state index in [1.807, 2.05) is 66.2 Å². The molecule has 0 spiro atoms. The van der Waals surface area contributed by atoms with E-state index in [-0.39, 0.29) is 24.8 Å². The van der Waals surface area contributed by atoms with Crippen LogP contribution in [0, 0.1) is 6.92 Å². The van der Waals surface area contributed by atoms with Crippen LogP contribution in [0.5, 0.6) is 0 Å². The second-order valence-electron chi connectivity index (χ2n) is 6.05. The van der Waals surface area contributed by atoms with Gasteiger partial charge in [-0.05, 0) is 37.1 Å². The van der Waals surface area contributed by atoms with Crippen LogP contribution in [-0.2, 0) is 4.57 Å². The first-order valence-corrected chi connectivity index (χ1v) is 9.62. The minimum atomic E-state index is -4.28. The fourth-order valence-corrected chi connectivity index (χ4v) is 3.22. The number of halogens is 2. The molecule has 5 nitrogen and oxygen atoms in total. The molecule has 8 heteroatoms. The molecule has 0 fully saturated rings. The lowest BCUT2D eigenvalue weighted by atomic mass is 10.1. The highest BCUT2D eigenvalue weighted by atomic mass is 35.5. The Labute approximate surface area is 171 Å². The van der Waals surface area contributed by atoms with Crippen molar-refractivity contribution in [2.75, 3.05) is 0 Å². The number of aromatic nitrogens is 2. The molecule has 0 radical (unpaired) electrons. The third kappa shape index (κ3) is 5.38. The number of pyridine rings is 2. The highest BCUT2D eigenvalue weighted by Crippen LogP contribution is 2.50. The highest BCUT2D eigenvalue weighted by Gasteiger charge is 2.34. The number of benzene rings is 1. The molecule has 0 aliphatic rings. The van der Waals surface area contributed by atoms with Crippen molar-refractivity contribution in [3.8, 4) is 16.8 Å². The van der Waals surface area contributed by atoms with E-state index >= 15 is 0 Å². The molecule has 27 heavy (non-hydrogen) atoms. The maximum absolute atomic E-state index is 11.9. The lowest BCUT2D eigenvalue weighted by molar-refractivity contribution is -0.604. The predicted octanol–water partition coefficient (Wildman–Crippen LogP) is 0.998. The Morgan fingerprint density at radius 3 is 2.15 bits per heavy atom. The van der Waals surface area contributed by atoms with Gasteiger partial charge in [0, 0.05) is 36.7 Å². The summed E-state index contributed by atoms with van der Waals surface area (Å²) in [6.07, 6.45) is 5.24. The molecule has 0 amide bonds. The van der Waals surface area contributed by atoms with E-state index in [4.69, 9.17) is 0 Å². The van der Waals surface area contributed by atoms with Gasteiger partial charge >= 0.3 is 7.60 Å². The van der Waals surface area contributed by atoms with Crippen molar-refractivity contribution in [1.82, 2.24) is 4.98 Å². The van der Waals surface area contributed by atoms with E-state index in [0.717, 1.165) is 22.4 Å². The van der Waals surface area contributed by atoms with Gasteiger partial charge < -0.3 is 22.2 Å². The minimum absolute atomic E-state index is 0. The van der Waals surface area contributed by atoms with Crippen molar-refractivity contribution in [3.63, 3.8) is 0 Å². The molecule has 1 unspecified atom stereocenters. The molecule has 2 N–H and O–H groups in total. The second kappa shape index (κ2) is 9.45. The standard InChI is InChI=1S/C19H19N2O3P.2ClH/c1-14-3-5-18(6-4-14)21-12-9-17(16-7-10-20-11-8-16)13-19(21)15(2)25(22,23)24;;/h3-13,15H,1-2H3,(H-,22,23,24);2*1H. The summed E-state index contributed by atoms with van der Waals surface area (Å²) in [6, 6.07) is 15.4. The Morgan fingerprint density at radius 2 is 1.59 bits per heavy atom. The van der Waals surface area contributed by atoms with Gasteiger partial charge in [0.1, 0.15) is 5.66 Å². The van der Waals surface area contributed by atoms with E-state index in [1.54, 1.807) is 19.3 Å². The van der Waals surface area contributed by atoms with Gasteiger partial charge in [-0.1, -0.05) is 17.7 Å². The highest BCUT2D eigenvalue weighted by molar-refractivity contribution is 7.52. The maximum Gasteiger partial charge on any atom is 0.338 e. The van der Waals surface area contributed by atoms with Gasteiger partial charge in [-0.3, -0.25) is 9.55 Å². The molecule has 3 rings (SSSR count). The molecule has 0 saturated heterocycles. The summed E-state index contributed by atoms with van der Waals surface area (Å²) in [7, 11) is -4.28. The number of rotatable bonds is 4. The van der Waals surface area contributed by atoms with Gasteiger partial charge in [0.15, 0.2) is 6.20 Å². The van der Waals surface area contributed by atoms with Crippen molar-refractivity contribution in [2.24, 2.45) is 0 Å². The largest absolute Gasteiger partial charge is 1.00 e. The first-order valence-electron chi connectivity index (χ1n) is 7.94. The van der Waals surface area contributed by atoms with Crippen LogP contribution in [0.25, 0.3) is 16.8 Å². The molecule has 2 heterocycles. The number of hydrogen-bond donors (Lipinski definition) is 2. The zero-order valence-corrected chi connectivity index (χ0v) is 17.3. The smallest absolute Gasteiger partial charge is 0.338 e. The SMILES string of the molecule is Cc1ccc(-[n+]2ccc(-c3ccncc3)cc2C(C)P(=O)(O)O)cc1.Cl.[Cl-]. The van der Waals surface area contributed by atoms with Crippen molar-refractivity contribution in [2.45, 2.75) is 19.5 Å². The summed E-state index contributed by atoms with van der Waals surface area (Å²) in [4.78, 5) is 23.4. The van der Waals surface area contributed by atoms with Crippen LogP contribution in [-0.4, -0.2) is 14.8 Å². The Bertz CT molecular complexity index is 931. The number of aryl methyl sites for hydroxylation is 1. The Morgan fingerprint density at radius 1 is 1.00 bits per heavy atom. The molecule has 0 saturated carbocycles. The zero-order chi connectivity index (χ0) is 18.0. The molecule has 0 aliphatic carbocycles. The topological polar surface area (TPSA) is 74.3 Å². The summed E-state index contributed by atoms with van der Waals surface area (Å²) in [6.45, 7) is 3.55. The van der Waals surface area contributed by atoms with Crippen LogP contribution in [0.3, 0.4) is 0 Å². The molecule has 0 bridgehead atoms. The van der Waals surface area contributed by atoms with Gasteiger partial charge in [0.05, 0.1) is 0 Å². The second-order valence-corrected chi connectivity index (χ2v) is 8.00. The van der Waals surface area contributed by atoms with Crippen LogP contribution in [0.2, 0.25) is 0 Å². The monoisotopic (exact) mass is 426 g/mol. The van der Waals surface area contributed by atoms with E-state index in [1.165, 1.54) is 0 Å². The summed E-state index contributed by atoms with van der Waals surface area (Å²) in [5.74, 6) is 0. The van der Waals surface area contributed by atoms with Crippen LogP contribution >= 0.6 is 20.0 Å². The van der Waals surface area contributed by atoms with Crippen molar-refractivity contribution >= 4 is 20.0 Å². The van der Waals surface area contributed by atoms with E-state index in [2.05, 4.69) is 4.98 Å². The molecular formula is C19H21Cl2N2O3P. The van der Waals surface area contributed by atoms with E-state index < -0.39 is 13.3 Å².